The molecule has 0 aliphatic rings. The molecule has 0 saturated heterocycles. The van der Waals surface area contributed by atoms with Gasteiger partial charge in [-0.25, -0.2) is 15.8 Å². The lowest BCUT2D eigenvalue weighted by Gasteiger charge is -2.07. The first-order valence-electron chi connectivity index (χ1n) is 5.33. The van der Waals surface area contributed by atoms with Crippen LogP contribution in [-0.4, -0.2) is 26.0 Å². The van der Waals surface area contributed by atoms with Crippen molar-refractivity contribution in [2.75, 3.05) is 17.0 Å². The maximum Gasteiger partial charge on any atom is 0.191 e. The Labute approximate surface area is 109 Å². The highest BCUT2D eigenvalue weighted by atomic mass is 32.2. The Balaban J connectivity index is 2.08. The van der Waals surface area contributed by atoms with E-state index in [1.165, 1.54) is 11.8 Å². The predicted octanol–water partition coefficient (Wildman–Crippen LogP) is 0.830. The summed E-state index contributed by atoms with van der Waals surface area (Å²) < 4.78 is 1.76. The van der Waals surface area contributed by atoms with E-state index in [2.05, 4.69) is 25.8 Å². The van der Waals surface area contributed by atoms with Crippen LogP contribution in [0.3, 0.4) is 0 Å². The third kappa shape index (κ3) is 3.11. The number of hydrazine groups is 1. The molecule has 2 heterocycles. The smallest absolute Gasteiger partial charge is 0.191 e. The number of anilines is 2. The Hall–Kier alpha value is -1.80. The van der Waals surface area contributed by atoms with Gasteiger partial charge in [-0.15, -0.1) is 0 Å². The lowest BCUT2D eigenvalue weighted by atomic mass is 10.4. The molecule has 0 aliphatic heterocycles. The van der Waals surface area contributed by atoms with E-state index >= 15 is 0 Å². The number of thioether (sulfide) groups is 1. The summed E-state index contributed by atoms with van der Waals surface area (Å²) in [6, 6.07) is 3.70. The standard InChI is InChI=1S/C10H15N7S/c1-17-4-3-7(16-17)6-12-8-5-9(15-11)14-10(13-8)18-2/h3-5H,6,11H2,1-2H3,(H2,12,13,14,15). The molecule has 2 rings (SSSR count). The van der Waals surface area contributed by atoms with Crippen LogP contribution in [0, 0.1) is 0 Å². The Morgan fingerprint density at radius 3 is 2.78 bits per heavy atom. The number of aromatic nitrogens is 4. The quantitative estimate of drug-likeness (QED) is 0.319. The van der Waals surface area contributed by atoms with Gasteiger partial charge in [-0.1, -0.05) is 11.8 Å². The number of nitrogens with one attached hydrogen (secondary N) is 2. The van der Waals surface area contributed by atoms with Crippen LogP contribution in [0.25, 0.3) is 0 Å². The Bertz CT molecular complexity index is 502. The highest BCUT2D eigenvalue weighted by molar-refractivity contribution is 7.98. The molecule has 0 fully saturated rings. The van der Waals surface area contributed by atoms with Gasteiger partial charge in [0.1, 0.15) is 11.6 Å². The van der Waals surface area contributed by atoms with Crippen molar-refractivity contribution >= 4 is 23.4 Å². The van der Waals surface area contributed by atoms with E-state index in [-0.39, 0.29) is 0 Å². The molecule has 2 aromatic heterocycles. The minimum Gasteiger partial charge on any atom is -0.364 e. The van der Waals surface area contributed by atoms with E-state index in [1.54, 1.807) is 10.7 Å². The second kappa shape index (κ2) is 5.69. The fourth-order valence-corrected chi connectivity index (χ4v) is 1.80. The van der Waals surface area contributed by atoms with Gasteiger partial charge in [0.05, 0.1) is 12.2 Å². The number of hydrogen-bond acceptors (Lipinski definition) is 7. The normalized spacial score (nSPS) is 10.4. The van der Waals surface area contributed by atoms with Crippen LogP contribution >= 0.6 is 11.8 Å². The first-order chi connectivity index (χ1) is 8.71. The van der Waals surface area contributed by atoms with Gasteiger partial charge in [0, 0.05) is 19.3 Å². The molecule has 96 valence electrons. The zero-order valence-corrected chi connectivity index (χ0v) is 11.0. The van der Waals surface area contributed by atoms with E-state index < -0.39 is 0 Å². The molecule has 2 aromatic rings. The second-order valence-corrected chi connectivity index (χ2v) is 4.38. The molecule has 0 unspecified atom stereocenters. The van der Waals surface area contributed by atoms with Crippen molar-refractivity contribution in [2.45, 2.75) is 11.7 Å². The van der Waals surface area contributed by atoms with Gasteiger partial charge in [0.15, 0.2) is 5.16 Å². The SMILES string of the molecule is CSc1nc(NN)cc(NCc2ccn(C)n2)n1. The Kier molecular flexibility index (Phi) is 4.00. The summed E-state index contributed by atoms with van der Waals surface area (Å²) in [5, 5.41) is 8.13. The van der Waals surface area contributed by atoms with Crippen molar-refractivity contribution in [1.29, 1.82) is 0 Å². The molecule has 4 N–H and O–H groups in total. The topological polar surface area (TPSA) is 93.7 Å². The van der Waals surface area contributed by atoms with Crippen LogP contribution in [0.1, 0.15) is 5.69 Å². The number of nitrogens with two attached hydrogens (primary N) is 1. The summed E-state index contributed by atoms with van der Waals surface area (Å²) in [7, 11) is 1.89. The van der Waals surface area contributed by atoms with Gasteiger partial charge in [-0.2, -0.15) is 5.10 Å². The minimum absolute atomic E-state index is 0.581. The van der Waals surface area contributed by atoms with Gasteiger partial charge in [-0.3, -0.25) is 4.68 Å². The van der Waals surface area contributed by atoms with E-state index in [1.807, 2.05) is 25.6 Å². The predicted molar refractivity (Wildman–Crippen MR) is 72.2 cm³/mol. The van der Waals surface area contributed by atoms with E-state index in [0.29, 0.717) is 23.3 Å². The summed E-state index contributed by atoms with van der Waals surface area (Å²) in [5.74, 6) is 6.66. The Morgan fingerprint density at radius 1 is 1.39 bits per heavy atom. The molecule has 0 spiro atoms. The van der Waals surface area contributed by atoms with Crippen LogP contribution in [0.4, 0.5) is 11.6 Å². The number of aryl methyl sites for hydroxylation is 1. The zero-order chi connectivity index (χ0) is 13.0. The summed E-state index contributed by atoms with van der Waals surface area (Å²) in [5.41, 5.74) is 3.47. The first-order valence-corrected chi connectivity index (χ1v) is 6.56. The van der Waals surface area contributed by atoms with Crippen molar-refractivity contribution in [1.82, 2.24) is 19.7 Å². The number of nitrogen functional groups attached to an aromatic ring is 1. The summed E-state index contributed by atoms with van der Waals surface area (Å²) in [6.45, 7) is 0.607. The monoisotopic (exact) mass is 265 g/mol. The van der Waals surface area contributed by atoms with E-state index in [9.17, 15) is 0 Å². The largest absolute Gasteiger partial charge is 0.364 e. The average molecular weight is 265 g/mol. The van der Waals surface area contributed by atoms with Gasteiger partial charge in [-0.05, 0) is 12.3 Å². The molecule has 0 radical (unpaired) electrons. The molecular weight excluding hydrogens is 250 g/mol. The van der Waals surface area contributed by atoms with E-state index in [4.69, 9.17) is 5.84 Å². The number of hydrogen-bond donors (Lipinski definition) is 3. The molecule has 0 atom stereocenters. The lowest BCUT2D eigenvalue weighted by molar-refractivity contribution is 0.746. The first kappa shape index (κ1) is 12.7. The Morgan fingerprint density at radius 2 is 2.17 bits per heavy atom. The highest BCUT2D eigenvalue weighted by Gasteiger charge is 2.04. The van der Waals surface area contributed by atoms with Crippen molar-refractivity contribution < 1.29 is 0 Å². The lowest BCUT2D eigenvalue weighted by Crippen LogP contribution is -2.11. The average Bonchev–Trinajstić information content (AvgIpc) is 2.81. The van der Waals surface area contributed by atoms with Crippen LogP contribution in [0.5, 0.6) is 0 Å². The fourth-order valence-electron chi connectivity index (χ4n) is 1.42. The fraction of sp³-hybridized carbons (Fsp3) is 0.300. The molecule has 18 heavy (non-hydrogen) atoms. The summed E-state index contributed by atoms with van der Waals surface area (Å²) in [6.07, 6.45) is 3.81. The van der Waals surface area contributed by atoms with Crippen molar-refractivity contribution in [2.24, 2.45) is 12.9 Å². The third-order valence-corrected chi connectivity index (χ3v) is 2.80. The minimum atomic E-state index is 0.581. The van der Waals surface area contributed by atoms with Gasteiger partial charge < -0.3 is 10.7 Å². The van der Waals surface area contributed by atoms with E-state index in [0.717, 1.165) is 5.69 Å². The van der Waals surface area contributed by atoms with Crippen LogP contribution < -0.4 is 16.6 Å². The van der Waals surface area contributed by atoms with Crippen molar-refractivity contribution in [3.05, 3.63) is 24.0 Å². The molecule has 8 heteroatoms. The van der Waals surface area contributed by atoms with Crippen molar-refractivity contribution in [3.8, 4) is 0 Å². The molecule has 0 saturated carbocycles. The maximum atomic E-state index is 5.36. The number of nitrogens with zero attached hydrogens (tertiary/aromatic N) is 4. The molecule has 0 aromatic carbocycles. The summed E-state index contributed by atoms with van der Waals surface area (Å²) >= 11 is 1.46. The van der Waals surface area contributed by atoms with Gasteiger partial charge >= 0.3 is 0 Å². The third-order valence-electron chi connectivity index (χ3n) is 2.26. The van der Waals surface area contributed by atoms with Gasteiger partial charge in [0.25, 0.3) is 0 Å². The number of rotatable bonds is 5. The zero-order valence-electron chi connectivity index (χ0n) is 10.2. The summed E-state index contributed by atoms with van der Waals surface area (Å²) in [4.78, 5) is 8.52. The van der Waals surface area contributed by atoms with Crippen molar-refractivity contribution in [3.63, 3.8) is 0 Å². The maximum absolute atomic E-state index is 5.36. The van der Waals surface area contributed by atoms with Crippen LogP contribution in [0.15, 0.2) is 23.5 Å². The van der Waals surface area contributed by atoms with Crippen LogP contribution in [0.2, 0.25) is 0 Å². The van der Waals surface area contributed by atoms with Crippen LogP contribution in [-0.2, 0) is 13.6 Å². The molecule has 0 bridgehead atoms. The second-order valence-electron chi connectivity index (χ2n) is 3.60. The molecular formula is C10H15N7S. The highest BCUT2D eigenvalue weighted by Crippen LogP contribution is 2.16. The van der Waals surface area contributed by atoms with Gasteiger partial charge in [0.2, 0.25) is 0 Å². The molecule has 0 amide bonds. The molecule has 0 aliphatic carbocycles. The molecule has 7 nitrogen and oxygen atoms in total.